The van der Waals surface area contributed by atoms with Crippen LogP contribution in [0.2, 0.25) is 0 Å². The zero-order valence-electron chi connectivity index (χ0n) is 10.4. The van der Waals surface area contributed by atoms with Crippen LogP contribution in [0.25, 0.3) is 0 Å². The number of hydrogen-bond donors (Lipinski definition) is 2. The van der Waals surface area contributed by atoms with Crippen molar-refractivity contribution in [2.45, 2.75) is 11.8 Å². The Bertz CT molecular complexity index is 769. The van der Waals surface area contributed by atoms with Crippen molar-refractivity contribution < 1.29 is 13.2 Å². The van der Waals surface area contributed by atoms with E-state index < -0.39 is 10.0 Å². The highest BCUT2D eigenvalue weighted by Crippen LogP contribution is 2.25. The zero-order chi connectivity index (χ0) is 14.9. The summed E-state index contributed by atoms with van der Waals surface area (Å²) in [5.74, 6) is -0.304. The summed E-state index contributed by atoms with van der Waals surface area (Å²) >= 11 is 4.57. The van der Waals surface area contributed by atoms with E-state index in [1.807, 2.05) is 0 Å². The van der Waals surface area contributed by atoms with E-state index in [9.17, 15) is 13.2 Å². The van der Waals surface area contributed by atoms with Crippen LogP contribution in [-0.2, 0) is 10.0 Å². The van der Waals surface area contributed by atoms with E-state index in [0.29, 0.717) is 15.0 Å². The molecule has 0 bridgehead atoms. The number of thiophene rings is 1. The maximum atomic E-state index is 12.1. The van der Waals surface area contributed by atoms with Gasteiger partial charge in [-0.1, -0.05) is 6.07 Å². The van der Waals surface area contributed by atoms with E-state index in [1.165, 1.54) is 23.5 Å². The first-order chi connectivity index (χ1) is 9.29. The lowest BCUT2D eigenvalue weighted by atomic mass is 10.2. The van der Waals surface area contributed by atoms with Gasteiger partial charge in [-0.25, -0.2) is 13.6 Å². The lowest BCUT2D eigenvalue weighted by molar-refractivity contribution is 0.103. The first-order valence-corrected chi connectivity index (χ1v) is 8.69. The van der Waals surface area contributed by atoms with Gasteiger partial charge < -0.3 is 5.32 Å². The van der Waals surface area contributed by atoms with Crippen molar-refractivity contribution >= 4 is 48.9 Å². The second-order valence-electron chi connectivity index (χ2n) is 4.07. The molecule has 0 aliphatic rings. The Morgan fingerprint density at radius 1 is 1.35 bits per heavy atom. The minimum Gasteiger partial charge on any atom is -0.321 e. The molecule has 1 amide bonds. The number of primary sulfonamides is 1. The molecule has 0 saturated carbocycles. The first kappa shape index (κ1) is 15.2. The van der Waals surface area contributed by atoms with Gasteiger partial charge in [-0.15, -0.1) is 11.3 Å². The number of amides is 1. The number of rotatable bonds is 3. The van der Waals surface area contributed by atoms with Crippen LogP contribution in [0.15, 0.2) is 39.0 Å². The number of hydrogen-bond acceptors (Lipinski definition) is 4. The molecule has 0 unspecified atom stereocenters. The molecule has 0 saturated heterocycles. The fourth-order valence-corrected chi connectivity index (χ4v) is 3.53. The summed E-state index contributed by atoms with van der Waals surface area (Å²) in [6.07, 6.45) is 0. The normalized spacial score (nSPS) is 11.3. The van der Waals surface area contributed by atoms with Gasteiger partial charge in [0.2, 0.25) is 10.0 Å². The minimum atomic E-state index is -3.80. The second-order valence-corrected chi connectivity index (χ2v) is 7.41. The molecule has 2 rings (SSSR count). The van der Waals surface area contributed by atoms with E-state index in [2.05, 4.69) is 21.2 Å². The summed E-state index contributed by atoms with van der Waals surface area (Å²) < 4.78 is 23.3. The van der Waals surface area contributed by atoms with Crippen LogP contribution < -0.4 is 10.5 Å². The number of carbonyl (C=O) groups is 1. The minimum absolute atomic E-state index is 0.0383. The SMILES string of the molecule is Cc1ccc(S(N)(=O)=O)cc1NC(=O)c1sccc1Br. The van der Waals surface area contributed by atoms with Crippen LogP contribution >= 0.6 is 27.3 Å². The van der Waals surface area contributed by atoms with Crippen molar-refractivity contribution in [3.63, 3.8) is 0 Å². The zero-order valence-corrected chi connectivity index (χ0v) is 13.6. The van der Waals surface area contributed by atoms with E-state index in [1.54, 1.807) is 24.4 Å². The van der Waals surface area contributed by atoms with E-state index >= 15 is 0 Å². The van der Waals surface area contributed by atoms with Crippen molar-refractivity contribution in [1.29, 1.82) is 0 Å². The maximum Gasteiger partial charge on any atom is 0.266 e. The van der Waals surface area contributed by atoms with Gasteiger partial charge in [0.15, 0.2) is 0 Å². The average Bonchev–Trinajstić information content (AvgIpc) is 2.77. The highest BCUT2D eigenvalue weighted by atomic mass is 79.9. The van der Waals surface area contributed by atoms with E-state index in [0.717, 1.165) is 5.56 Å². The molecule has 0 spiro atoms. The van der Waals surface area contributed by atoms with Crippen LogP contribution in [0.5, 0.6) is 0 Å². The predicted octanol–water partition coefficient (Wildman–Crippen LogP) is 2.72. The maximum absolute atomic E-state index is 12.1. The number of anilines is 1. The second kappa shape index (κ2) is 5.65. The van der Waals surface area contributed by atoms with Crippen LogP contribution in [-0.4, -0.2) is 14.3 Å². The third-order valence-corrected chi connectivity index (χ3v) is 5.36. The number of nitrogens with two attached hydrogens (primary N) is 1. The fraction of sp³-hybridized carbons (Fsp3) is 0.0833. The van der Waals surface area contributed by atoms with Gasteiger partial charge in [0.25, 0.3) is 5.91 Å². The Kier molecular flexibility index (Phi) is 4.28. The number of benzene rings is 1. The van der Waals surface area contributed by atoms with Crippen LogP contribution in [0.1, 0.15) is 15.2 Å². The Labute approximate surface area is 129 Å². The third-order valence-electron chi connectivity index (χ3n) is 2.61. The average molecular weight is 375 g/mol. The van der Waals surface area contributed by atoms with Crippen LogP contribution in [0.3, 0.4) is 0 Å². The van der Waals surface area contributed by atoms with Gasteiger partial charge in [0.05, 0.1) is 4.90 Å². The van der Waals surface area contributed by atoms with Crippen molar-refractivity contribution in [2.75, 3.05) is 5.32 Å². The molecule has 0 aliphatic heterocycles. The van der Waals surface area contributed by atoms with Crippen molar-refractivity contribution in [2.24, 2.45) is 5.14 Å². The summed E-state index contributed by atoms with van der Waals surface area (Å²) in [7, 11) is -3.80. The molecular weight excluding hydrogens is 364 g/mol. The van der Waals surface area contributed by atoms with Gasteiger partial charge in [0, 0.05) is 10.2 Å². The third kappa shape index (κ3) is 3.26. The van der Waals surface area contributed by atoms with Crippen molar-refractivity contribution in [3.05, 3.63) is 44.6 Å². The smallest absolute Gasteiger partial charge is 0.266 e. The molecule has 8 heteroatoms. The summed E-state index contributed by atoms with van der Waals surface area (Å²) in [4.78, 5) is 12.6. The quantitative estimate of drug-likeness (QED) is 0.865. The molecule has 0 aliphatic carbocycles. The fourth-order valence-electron chi connectivity index (χ4n) is 1.55. The number of nitrogens with one attached hydrogen (secondary N) is 1. The molecule has 3 N–H and O–H groups in total. The summed E-state index contributed by atoms with van der Waals surface area (Å²) in [5.41, 5.74) is 1.17. The summed E-state index contributed by atoms with van der Waals surface area (Å²) in [5, 5.41) is 9.55. The topological polar surface area (TPSA) is 89.3 Å². The standard InChI is InChI=1S/C12H11BrN2O3S2/c1-7-2-3-8(20(14,17)18)6-10(7)15-12(16)11-9(13)4-5-19-11/h2-6H,1H3,(H,15,16)(H2,14,17,18). The van der Waals surface area contributed by atoms with E-state index in [4.69, 9.17) is 5.14 Å². The van der Waals surface area contributed by atoms with Gasteiger partial charge in [0.1, 0.15) is 4.88 Å². The van der Waals surface area contributed by atoms with Gasteiger partial charge in [-0.3, -0.25) is 4.79 Å². The summed E-state index contributed by atoms with van der Waals surface area (Å²) in [6, 6.07) is 6.12. The molecule has 2 aromatic rings. The number of sulfonamides is 1. The van der Waals surface area contributed by atoms with E-state index in [-0.39, 0.29) is 10.8 Å². The van der Waals surface area contributed by atoms with Crippen molar-refractivity contribution in [1.82, 2.24) is 0 Å². The number of halogens is 1. The Morgan fingerprint density at radius 2 is 2.05 bits per heavy atom. The van der Waals surface area contributed by atoms with Crippen molar-refractivity contribution in [3.8, 4) is 0 Å². The molecule has 0 fully saturated rings. The molecule has 0 radical (unpaired) electrons. The Morgan fingerprint density at radius 3 is 2.60 bits per heavy atom. The molecular formula is C12H11BrN2O3S2. The number of aryl methyl sites for hydroxylation is 1. The highest BCUT2D eigenvalue weighted by Gasteiger charge is 2.15. The number of carbonyl (C=O) groups excluding carboxylic acids is 1. The molecule has 1 aromatic carbocycles. The molecule has 20 heavy (non-hydrogen) atoms. The monoisotopic (exact) mass is 374 g/mol. The predicted molar refractivity (Wildman–Crippen MR) is 82.5 cm³/mol. The molecule has 106 valence electrons. The lowest BCUT2D eigenvalue weighted by Crippen LogP contribution is -2.15. The van der Waals surface area contributed by atoms with Crippen LogP contribution in [0, 0.1) is 6.92 Å². The van der Waals surface area contributed by atoms with Crippen LogP contribution in [0.4, 0.5) is 5.69 Å². The lowest BCUT2D eigenvalue weighted by Gasteiger charge is -2.09. The summed E-state index contributed by atoms with van der Waals surface area (Å²) in [6.45, 7) is 1.77. The largest absolute Gasteiger partial charge is 0.321 e. The molecule has 0 atom stereocenters. The first-order valence-electron chi connectivity index (χ1n) is 5.47. The van der Waals surface area contributed by atoms with Gasteiger partial charge >= 0.3 is 0 Å². The molecule has 1 aromatic heterocycles. The highest BCUT2D eigenvalue weighted by molar-refractivity contribution is 9.10. The Balaban J connectivity index is 2.34. The Hall–Kier alpha value is -1.22. The molecule has 1 heterocycles. The van der Waals surface area contributed by atoms with Gasteiger partial charge in [-0.05, 0) is 52.0 Å². The van der Waals surface area contributed by atoms with Gasteiger partial charge in [-0.2, -0.15) is 0 Å². The molecule has 5 nitrogen and oxygen atoms in total.